The van der Waals surface area contributed by atoms with Crippen molar-refractivity contribution in [3.05, 3.63) is 47.3 Å². The van der Waals surface area contributed by atoms with E-state index < -0.39 is 0 Å². The first-order chi connectivity index (χ1) is 9.22. The van der Waals surface area contributed by atoms with E-state index in [4.69, 9.17) is 0 Å². The maximum Gasteiger partial charge on any atom is 0.200 e. The summed E-state index contributed by atoms with van der Waals surface area (Å²) in [6.07, 6.45) is 0. The van der Waals surface area contributed by atoms with Gasteiger partial charge in [0.1, 0.15) is 11.6 Å². The van der Waals surface area contributed by atoms with E-state index in [0.717, 1.165) is 5.56 Å². The molecule has 0 radical (unpaired) electrons. The van der Waals surface area contributed by atoms with Crippen molar-refractivity contribution in [3.63, 3.8) is 0 Å². The summed E-state index contributed by atoms with van der Waals surface area (Å²) in [5.74, 6) is 0.457. The summed E-state index contributed by atoms with van der Waals surface area (Å²) in [6, 6.07) is 8.57. The lowest BCUT2D eigenvalue weighted by molar-refractivity contribution is 0.617. The third kappa shape index (κ3) is 2.35. The summed E-state index contributed by atoms with van der Waals surface area (Å²) in [4.78, 5) is 0. The molecule has 0 saturated carbocycles. The maximum atomic E-state index is 13.1. The Hall–Kier alpha value is -2.57. The van der Waals surface area contributed by atoms with Crippen molar-refractivity contribution in [2.75, 3.05) is 5.32 Å². The second-order valence-electron chi connectivity index (χ2n) is 4.18. The van der Waals surface area contributed by atoms with Crippen molar-refractivity contribution in [1.29, 1.82) is 0 Å². The Bertz CT molecular complexity index is 723. The first kappa shape index (κ1) is 11.5. The molecule has 96 valence electrons. The number of tetrazole rings is 1. The number of hydrogen-bond donors (Lipinski definition) is 1. The van der Waals surface area contributed by atoms with Gasteiger partial charge in [-0.3, -0.25) is 0 Å². The van der Waals surface area contributed by atoms with Crippen molar-refractivity contribution >= 4 is 11.5 Å². The average molecular weight is 258 g/mol. The largest absolute Gasteiger partial charge is 0.365 e. The molecule has 1 aromatic carbocycles. The van der Waals surface area contributed by atoms with Gasteiger partial charge in [-0.15, -0.1) is 14.8 Å². The standard InChI is InChI=1S/C12H11FN6/c1-8-6-9(2-3-10(8)13)7-14-11-4-5-12-15-17-18-19(12)16-11/h2-6H,7H2,1H3,(H,14,16). The van der Waals surface area contributed by atoms with Gasteiger partial charge in [0.05, 0.1) is 0 Å². The van der Waals surface area contributed by atoms with Gasteiger partial charge in [0.15, 0.2) is 5.65 Å². The number of nitrogens with zero attached hydrogens (tertiary/aromatic N) is 5. The quantitative estimate of drug-likeness (QED) is 0.772. The van der Waals surface area contributed by atoms with E-state index in [1.807, 2.05) is 0 Å². The van der Waals surface area contributed by atoms with Crippen LogP contribution in [0.3, 0.4) is 0 Å². The van der Waals surface area contributed by atoms with Crippen molar-refractivity contribution in [2.45, 2.75) is 13.5 Å². The van der Waals surface area contributed by atoms with Crippen LogP contribution in [-0.2, 0) is 6.54 Å². The Morgan fingerprint density at radius 3 is 3.00 bits per heavy atom. The van der Waals surface area contributed by atoms with Gasteiger partial charge in [-0.1, -0.05) is 12.1 Å². The van der Waals surface area contributed by atoms with Crippen LogP contribution in [0.25, 0.3) is 5.65 Å². The van der Waals surface area contributed by atoms with Gasteiger partial charge in [0.25, 0.3) is 0 Å². The van der Waals surface area contributed by atoms with E-state index in [-0.39, 0.29) is 5.82 Å². The van der Waals surface area contributed by atoms with E-state index in [1.54, 1.807) is 31.2 Å². The van der Waals surface area contributed by atoms with Crippen LogP contribution in [0.1, 0.15) is 11.1 Å². The number of fused-ring (bicyclic) bond motifs is 1. The Morgan fingerprint density at radius 1 is 1.26 bits per heavy atom. The lowest BCUT2D eigenvalue weighted by Gasteiger charge is -2.06. The zero-order valence-corrected chi connectivity index (χ0v) is 10.2. The summed E-state index contributed by atoms with van der Waals surface area (Å²) < 4.78 is 14.5. The molecule has 3 rings (SSSR count). The second-order valence-corrected chi connectivity index (χ2v) is 4.18. The predicted molar refractivity (Wildman–Crippen MR) is 67.0 cm³/mol. The summed E-state index contributed by atoms with van der Waals surface area (Å²) in [7, 11) is 0. The van der Waals surface area contributed by atoms with Crippen molar-refractivity contribution in [1.82, 2.24) is 25.3 Å². The monoisotopic (exact) mass is 258 g/mol. The number of aryl methyl sites for hydroxylation is 1. The highest BCUT2D eigenvalue weighted by atomic mass is 19.1. The second kappa shape index (κ2) is 4.60. The van der Waals surface area contributed by atoms with Gasteiger partial charge in [0, 0.05) is 6.54 Å². The third-order valence-electron chi connectivity index (χ3n) is 2.77. The van der Waals surface area contributed by atoms with Crippen LogP contribution in [0.5, 0.6) is 0 Å². The molecule has 2 aromatic heterocycles. The molecular weight excluding hydrogens is 247 g/mol. The van der Waals surface area contributed by atoms with Gasteiger partial charge >= 0.3 is 0 Å². The van der Waals surface area contributed by atoms with Crippen molar-refractivity contribution in [3.8, 4) is 0 Å². The Kier molecular flexibility index (Phi) is 2.79. The van der Waals surface area contributed by atoms with E-state index in [0.29, 0.717) is 23.6 Å². The first-order valence-corrected chi connectivity index (χ1v) is 5.77. The predicted octanol–water partition coefficient (Wildman–Crippen LogP) is 1.58. The highest BCUT2D eigenvalue weighted by molar-refractivity contribution is 5.42. The fraction of sp³-hybridized carbons (Fsp3) is 0.167. The molecule has 0 atom stereocenters. The van der Waals surface area contributed by atoms with Gasteiger partial charge in [-0.2, -0.15) is 0 Å². The minimum absolute atomic E-state index is 0.197. The Labute approximate surface area is 108 Å². The molecule has 7 heteroatoms. The van der Waals surface area contributed by atoms with Crippen LogP contribution in [0.15, 0.2) is 30.3 Å². The maximum absolute atomic E-state index is 13.1. The smallest absolute Gasteiger partial charge is 0.200 e. The van der Waals surface area contributed by atoms with Gasteiger partial charge in [-0.05, 0) is 46.7 Å². The molecule has 0 aliphatic rings. The van der Waals surface area contributed by atoms with E-state index in [2.05, 4.69) is 25.9 Å². The topological polar surface area (TPSA) is 68.0 Å². The summed E-state index contributed by atoms with van der Waals surface area (Å²) in [6.45, 7) is 2.30. The molecule has 3 aromatic rings. The first-order valence-electron chi connectivity index (χ1n) is 5.77. The van der Waals surface area contributed by atoms with Gasteiger partial charge in [-0.25, -0.2) is 4.39 Å². The highest BCUT2D eigenvalue weighted by Gasteiger charge is 2.02. The molecule has 0 bridgehead atoms. The highest BCUT2D eigenvalue weighted by Crippen LogP contribution is 2.11. The van der Waals surface area contributed by atoms with E-state index in [9.17, 15) is 4.39 Å². The third-order valence-corrected chi connectivity index (χ3v) is 2.77. The Balaban J connectivity index is 1.75. The number of rotatable bonds is 3. The fourth-order valence-corrected chi connectivity index (χ4v) is 1.75. The number of nitrogens with one attached hydrogen (secondary N) is 1. The molecule has 0 unspecified atom stereocenters. The SMILES string of the molecule is Cc1cc(CNc2ccc3nnnn3n2)ccc1F. The molecule has 0 aliphatic carbocycles. The van der Waals surface area contributed by atoms with Crippen LogP contribution >= 0.6 is 0 Å². The van der Waals surface area contributed by atoms with E-state index in [1.165, 1.54) is 10.7 Å². The molecule has 1 N–H and O–H groups in total. The number of benzene rings is 1. The molecule has 6 nitrogen and oxygen atoms in total. The molecule has 0 aliphatic heterocycles. The number of aromatic nitrogens is 5. The Morgan fingerprint density at radius 2 is 2.16 bits per heavy atom. The van der Waals surface area contributed by atoms with Crippen LogP contribution in [0.4, 0.5) is 10.2 Å². The van der Waals surface area contributed by atoms with Crippen LogP contribution in [-0.4, -0.2) is 25.3 Å². The van der Waals surface area contributed by atoms with Crippen LogP contribution in [0, 0.1) is 12.7 Å². The summed E-state index contributed by atoms with van der Waals surface area (Å²) >= 11 is 0. The molecule has 0 saturated heterocycles. The summed E-state index contributed by atoms with van der Waals surface area (Å²) in [5.41, 5.74) is 2.20. The molecule has 0 fully saturated rings. The zero-order chi connectivity index (χ0) is 13.2. The molecule has 2 heterocycles. The van der Waals surface area contributed by atoms with Crippen molar-refractivity contribution in [2.24, 2.45) is 0 Å². The lowest BCUT2D eigenvalue weighted by Crippen LogP contribution is -2.05. The normalized spacial score (nSPS) is 10.8. The van der Waals surface area contributed by atoms with Gasteiger partial charge in [0.2, 0.25) is 0 Å². The number of hydrogen-bond acceptors (Lipinski definition) is 5. The molecule has 0 amide bonds. The number of halogens is 1. The van der Waals surface area contributed by atoms with Crippen LogP contribution < -0.4 is 5.32 Å². The van der Waals surface area contributed by atoms with E-state index >= 15 is 0 Å². The lowest BCUT2D eigenvalue weighted by atomic mass is 10.1. The molecule has 19 heavy (non-hydrogen) atoms. The number of anilines is 1. The van der Waals surface area contributed by atoms with Crippen LogP contribution in [0.2, 0.25) is 0 Å². The van der Waals surface area contributed by atoms with Gasteiger partial charge < -0.3 is 5.32 Å². The minimum atomic E-state index is -0.197. The minimum Gasteiger partial charge on any atom is -0.365 e. The summed E-state index contributed by atoms with van der Waals surface area (Å²) in [5, 5.41) is 18.3. The van der Waals surface area contributed by atoms with Crippen molar-refractivity contribution < 1.29 is 4.39 Å². The zero-order valence-electron chi connectivity index (χ0n) is 10.2. The average Bonchev–Trinajstić information content (AvgIpc) is 2.87. The molecular formula is C12H11FN6. The molecule has 0 spiro atoms. The fourth-order valence-electron chi connectivity index (χ4n) is 1.75.